The first kappa shape index (κ1) is 7.37. The predicted molar refractivity (Wildman–Crippen MR) is 46.8 cm³/mol. The number of aliphatic hydroxyl groups is 1. The Morgan fingerprint density at radius 1 is 1.50 bits per heavy atom. The van der Waals surface area contributed by atoms with Gasteiger partial charge in [-0.25, -0.2) is 0 Å². The van der Waals surface area contributed by atoms with Gasteiger partial charge in [-0.15, -0.1) is 0 Å². The lowest BCUT2D eigenvalue weighted by atomic mass is 10.1. The summed E-state index contributed by atoms with van der Waals surface area (Å²) in [6.07, 6.45) is -0.859. The highest BCUT2D eigenvalue weighted by Gasteiger charge is 2.24. The van der Waals surface area contributed by atoms with Gasteiger partial charge in [0.1, 0.15) is 5.75 Å². The Kier molecular flexibility index (Phi) is 1.45. The summed E-state index contributed by atoms with van der Waals surface area (Å²) in [6, 6.07) is 5.80. The SMILES string of the molecule is C=C1c2ccc(C)cc2OC1O. The fraction of sp³-hybridized carbons (Fsp3) is 0.200. The van der Waals surface area contributed by atoms with Gasteiger partial charge in [-0.3, -0.25) is 0 Å². The Bertz CT molecular complexity index is 342. The highest BCUT2D eigenvalue weighted by molar-refractivity contribution is 5.74. The van der Waals surface area contributed by atoms with Crippen molar-refractivity contribution in [3.63, 3.8) is 0 Å². The average molecular weight is 162 g/mol. The third-order valence-electron chi connectivity index (χ3n) is 2.02. The minimum atomic E-state index is -0.859. The van der Waals surface area contributed by atoms with Crippen molar-refractivity contribution in [1.82, 2.24) is 0 Å². The second kappa shape index (κ2) is 2.35. The van der Waals surface area contributed by atoms with Crippen LogP contribution in [-0.4, -0.2) is 11.4 Å². The highest BCUT2D eigenvalue weighted by Crippen LogP contribution is 2.35. The van der Waals surface area contributed by atoms with Gasteiger partial charge in [-0.1, -0.05) is 18.7 Å². The van der Waals surface area contributed by atoms with Crippen molar-refractivity contribution in [2.45, 2.75) is 13.2 Å². The molecule has 1 aromatic carbocycles. The molecule has 0 fully saturated rings. The fourth-order valence-electron chi connectivity index (χ4n) is 1.32. The van der Waals surface area contributed by atoms with Gasteiger partial charge >= 0.3 is 0 Å². The van der Waals surface area contributed by atoms with Crippen LogP contribution in [0.2, 0.25) is 0 Å². The first-order valence-electron chi connectivity index (χ1n) is 3.83. The van der Waals surface area contributed by atoms with Crippen molar-refractivity contribution in [3.8, 4) is 5.75 Å². The lowest BCUT2D eigenvalue weighted by Gasteiger charge is -2.01. The van der Waals surface area contributed by atoms with E-state index >= 15 is 0 Å². The zero-order chi connectivity index (χ0) is 8.72. The molecule has 1 aliphatic heterocycles. The van der Waals surface area contributed by atoms with E-state index in [0.29, 0.717) is 5.57 Å². The molecule has 1 aromatic rings. The van der Waals surface area contributed by atoms with Crippen LogP contribution in [0.3, 0.4) is 0 Å². The second-order valence-electron chi connectivity index (χ2n) is 3.00. The highest BCUT2D eigenvalue weighted by atomic mass is 16.6. The molecule has 1 aliphatic rings. The number of ether oxygens (including phenoxy) is 1. The van der Waals surface area contributed by atoms with Gasteiger partial charge < -0.3 is 9.84 Å². The van der Waals surface area contributed by atoms with Crippen LogP contribution in [0.1, 0.15) is 11.1 Å². The molecule has 0 saturated heterocycles. The summed E-state index contributed by atoms with van der Waals surface area (Å²) in [7, 11) is 0. The molecule has 2 rings (SSSR count). The number of hydrogen-bond donors (Lipinski definition) is 1. The summed E-state index contributed by atoms with van der Waals surface area (Å²) in [4.78, 5) is 0. The minimum absolute atomic E-state index is 0.644. The summed E-state index contributed by atoms with van der Waals surface area (Å²) in [5.74, 6) is 0.729. The van der Waals surface area contributed by atoms with E-state index in [-0.39, 0.29) is 0 Å². The van der Waals surface area contributed by atoms with Crippen LogP contribution in [0.15, 0.2) is 24.8 Å². The van der Waals surface area contributed by atoms with Crippen molar-refractivity contribution in [2.75, 3.05) is 0 Å². The number of benzene rings is 1. The van der Waals surface area contributed by atoms with Crippen LogP contribution < -0.4 is 4.74 Å². The third kappa shape index (κ3) is 0.924. The van der Waals surface area contributed by atoms with E-state index in [1.54, 1.807) is 0 Å². The molecule has 12 heavy (non-hydrogen) atoms. The molecule has 1 unspecified atom stereocenters. The maximum atomic E-state index is 9.29. The molecule has 2 heteroatoms. The van der Waals surface area contributed by atoms with Crippen LogP contribution in [0, 0.1) is 6.92 Å². The molecule has 0 aliphatic carbocycles. The maximum absolute atomic E-state index is 9.29. The quantitative estimate of drug-likeness (QED) is 0.629. The molecule has 1 atom stereocenters. The normalized spacial score (nSPS) is 20.5. The van der Waals surface area contributed by atoms with Crippen LogP contribution in [0.4, 0.5) is 0 Å². The smallest absolute Gasteiger partial charge is 0.224 e. The molecule has 0 bridgehead atoms. The van der Waals surface area contributed by atoms with Gasteiger partial charge in [0.25, 0.3) is 0 Å². The summed E-state index contributed by atoms with van der Waals surface area (Å²) in [6.45, 7) is 5.71. The summed E-state index contributed by atoms with van der Waals surface area (Å²) in [5, 5.41) is 9.29. The summed E-state index contributed by atoms with van der Waals surface area (Å²) in [5.41, 5.74) is 2.67. The average Bonchev–Trinajstić information content (AvgIpc) is 2.28. The van der Waals surface area contributed by atoms with Crippen molar-refractivity contribution in [2.24, 2.45) is 0 Å². The monoisotopic (exact) mass is 162 g/mol. The van der Waals surface area contributed by atoms with Crippen molar-refractivity contribution < 1.29 is 9.84 Å². The van der Waals surface area contributed by atoms with Gasteiger partial charge in [-0.2, -0.15) is 0 Å². The zero-order valence-corrected chi connectivity index (χ0v) is 6.87. The van der Waals surface area contributed by atoms with Crippen molar-refractivity contribution in [1.29, 1.82) is 0 Å². The van der Waals surface area contributed by atoms with E-state index in [1.807, 2.05) is 25.1 Å². The largest absolute Gasteiger partial charge is 0.460 e. The van der Waals surface area contributed by atoms with Crippen LogP contribution >= 0.6 is 0 Å². The van der Waals surface area contributed by atoms with Gasteiger partial charge in [0, 0.05) is 11.1 Å². The lowest BCUT2D eigenvalue weighted by Crippen LogP contribution is -2.08. The minimum Gasteiger partial charge on any atom is -0.460 e. The standard InChI is InChI=1S/C10H10O2/c1-6-3-4-8-7(2)10(11)12-9(8)5-6/h3-5,10-11H,2H2,1H3. The number of rotatable bonds is 0. The third-order valence-corrected chi connectivity index (χ3v) is 2.02. The molecule has 0 aromatic heterocycles. The van der Waals surface area contributed by atoms with E-state index in [4.69, 9.17) is 4.74 Å². The molecule has 0 radical (unpaired) electrons. The van der Waals surface area contributed by atoms with Crippen molar-refractivity contribution in [3.05, 3.63) is 35.9 Å². The van der Waals surface area contributed by atoms with E-state index < -0.39 is 6.29 Å². The van der Waals surface area contributed by atoms with Gasteiger partial charge in [0.05, 0.1) is 0 Å². The Labute approximate surface area is 71.1 Å². The number of aliphatic hydroxyl groups excluding tert-OH is 1. The Hall–Kier alpha value is -1.28. The van der Waals surface area contributed by atoms with Crippen LogP contribution in [0.25, 0.3) is 5.57 Å². The molecule has 0 amide bonds. The molecule has 2 nitrogen and oxygen atoms in total. The maximum Gasteiger partial charge on any atom is 0.224 e. The Balaban J connectivity index is 2.54. The molecule has 1 heterocycles. The van der Waals surface area contributed by atoms with Crippen molar-refractivity contribution >= 4 is 5.57 Å². The molecule has 0 spiro atoms. The molecule has 1 N–H and O–H groups in total. The molecule has 62 valence electrons. The van der Waals surface area contributed by atoms with E-state index in [1.165, 1.54) is 0 Å². The second-order valence-corrected chi connectivity index (χ2v) is 3.00. The summed E-state index contributed by atoms with van der Waals surface area (Å²) < 4.78 is 5.16. The first-order valence-corrected chi connectivity index (χ1v) is 3.83. The summed E-state index contributed by atoms with van der Waals surface area (Å²) >= 11 is 0. The van der Waals surface area contributed by atoms with E-state index in [9.17, 15) is 5.11 Å². The van der Waals surface area contributed by atoms with E-state index in [0.717, 1.165) is 16.9 Å². The Morgan fingerprint density at radius 3 is 3.00 bits per heavy atom. The number of fused-ring (bicyclic) bond motifs is 1. The van der Waals surface area contributed by atoms with E-state index in [2.05, 4.69) is 6.58 Å². The Morgan fingerprint density at radius 2 is 2.25 bits per heavy atom. The van der Waals surface area contributed by atoms with Gasteiger partial charge in [0.2, 0.25) is 6.29 Å². The number of aryl methyl sites for hydroxylation is 1. The number of hydrogen-bond acceptors (Lipinski definition) is 2. The fourth-order valence-corrected chi connectivity index (χ4v) is 1.32. The molecular formula is C10H10O2. The predicted octanol–water partition coefficient (Wildman–Crippen LogP) is 1.72. The first-order chi connectivity index (χ1) is 5.68. The zero-order valence-electron chi connectivity index (χ0n) is 6.87. The van der Waals surface area contributed by atoms with Crippen LogP contribution in [0.5, 0.6) is 5.75 Å². The van der Waals surface area contributed by atoms with Gasteiger partial charge in [-0.05, 0) is 18.6 Å². The lowest BCUT2D eigenvalue weighted by molar-refractivity contribution is 0.0445. The molecular weight excluding hydrogens is 152 g/mol. The topological polar surface area (TPSA) is 29.5 Å². The molecule has 0 saturated carbocycles. The van der Waals surface area contributed by atoms with Crippen LogP contribution in [-0.2, 0) is 0 Å². The van der Waals surface area contributed by atoms with Gasteiger partial charge in [0.15, 0.2) is 0 Å².